The van der Waals surface area contributed by atoms with E-state index in [1.807, 2.05) is 60.0 Å². The predicted molar refractivity (Wildman–Crippen MR) is 101 cm³/mol. The fourth-order valence-corrected chi connectivity index (χ4v) is 3.16. The Balaban J connectivity index is 1.72. The van der Waals surface area contributed by atoms with Crippen LogP contribution in [0, 0.1) is 6.92 Å². The largest absolute Gasteiger partial charge is 0.467 e. The number of anilines is 1. The average Bonchev–Trinajstić information content (AvgIpc) is 2.99. The van der Waals surface area contributed by atoms with Gasteiger partial charge in [0.05, 0.1) is 11.4 Å². The highest BCUT2D eigenvalue weighted by atomic mass is 19.1. The van der Waals surface area contributed by atoms with Crippen LogP contribution in [0.25, 0.3) is 5.65 Å². The number of rotatable bonds is 4. The fraction of sp³-hybridized carbons (Fsp3) is 0.190. The van der Waals surface area contributed by atoms with Crippen LogP contribution >= 0.6 is 0 Å². The maximum Gasteiger partial charge on any atom is 0.196 e. The van der Waals surface area contributed by atoms with E-state index in [1.165, 1.54) is 12.3 Å². The second-order valence-corrected chi connectivity index (χ2v) is 6.21. The van der Waals surface area contributed by atoms with Crippen molar-refractivity contribution in [3.8, 4) is 5.75 Å². The lowest BCUT2D eigenvalue weighted by atomic mass is 10.2. The van der Waals surface area contributed by atoms with Crippen molar-refractivity contribution in [3.63, 3.8) is 0 Å². The number of aryl methyl sites for hydroxylation is 2. The number of halogens is 1. The third kappa shape index (κ3) is 2.96. The first-order valence-corrected chi connectivity index (χ1v) is 8.69. The van der Waals surface area contributed by atoms with Crippen molar-refractivity contribution in [2.45, 2.75) is 26.5 Å². The minimum atomic E-state index is -0.427. The van der Waals surface area contributed by atoms with E-state index in [-0.39, 0.29) is 5.83 Å². The average molecular weight is 349 g/mol. The van der Waals surface area contributed by atoms with Gasteiger partial charge in [0.1, 0.15) is 17.2 Å². The molecule has 0 N–H and O–H groups in total. The molecule has 0 spiro atoms. The van der Waals surface area contributed by atoms with Crippen LogP contribution in [0.15, 0.2) is 72.8 Å². The molecule has 0 amide bonds. The van der Waals surface area contributed by atoms with Gasteiger partial charge in [-0.1, -0.05) is 25.1 Å². The van der Waals surface area contributed by atoms with Crippen molar-refractivity contribution in [2.75, 3.05) is 4.90 Å². The molecule has 0 fully saturated rings. The molecule has 1 aromatic carbocycles. The molecule has 2 aromatic heterocycles. The third-order valence-electron chi connectivity index (χ3n) is 4.53. The molecule has 132 valence electrons. The summed E-state index contributed by atoms with van der Waals surface area (Å²) < 4.78 is 22.0. The van der Waals surface area contributed by atoms with E-state index in [0.717, 1.165) is 34.9 Å². The minimum Gasteiger partial charge on any atom is -0.467 e. The van der Waals surface area contributed by atoms with Crippen LogP contribution < -0.4 is 9.64 Å². The van der Waals surface area contributed by atoms with Gasteiger partial charge in [0.15, 0.2) is 6.23 Å². The zero-order chi connectivity index (χ0) is 18.1. The number of imidazole rings is 1. The molecule has 5 heteroatoms. The molecule has 0 radical (unpaired) electrons. The van der Waals surface area contributed by atoms with E-state index in [4.69, 9.17) is 4.74 Å². The van der Waals surface area contributed by atoms with E-state index in [1.54, 1.807) is 11.0 Å². The van der Waals surface area contributed by atoms with Gasteiger partial charge in [-0.3, -0.25) is 0 Å². The van der Waals surface area contributed by atoms with Crippen LogP contribution in [-0.2, 0) is 6.42 Å². The van der Waals surface area contributed by atoms with Crippen LogP contribution in [0.3, 0.4) is 0 Å². The number of aromatic nitrogens is 2. The number of allylic oxidation sites excluding steroid dienone is 2. The molecule has 1 unspecified atom stereocenters. The summed E-state index contributed by atoms with van der Waals surface area (Å²) in [6.07, 6.45) is 7.03. The van der Waals surface area contributed by atoms with Gasteiger partial charge in [0.25, 0.3) is 0 Å². The lowest BCUT2D eigenvalue weighted by molar-refractivity contribution is 0.250. The molecule has 1 aliphatic rings. The summed E-state index contributed by atoms with van der Waals surface area (Å²) in [6, 6.07) is 13.4. The Hall–Kier alpha value is -3.08. The number of nitrogens with zero attached hydrogens (tertiary/aromatic N) is 3. The van der Waals surface area contributed by atoms with Gasteiger partial charge in [0, 0.05) is 18.1 Å². The number of pyridine rings is 1. The van der Waals surface area contributed by atoms with Crippen molar-refractivity contribution in [1.29, 1.82) is 0 Å². The van der Waals surface area contributed by atoms with Crippen LogP contribution in [0.2, 0.25) is 0 Å². The highest BCUT2D eigenvalue weighted by molar-refractivity contribution is 5.57. The molecule has 0 bridgehead atoms. The first-order valence-electron chi connectivity index (χ1n) is 8.69. The van der Waals surface area contributed by atoms with Crippen molar-refractivity contribution in [1.82, 2.24) is 9.38 Å². The minimum absolute atomic E-state index is 0.311. The maximum atomic E-state index is 13.9. The van der Waals surface area contributed by atoms with E-state index in [0.29, 0.717) is 0 Å². The summed E-state index contributed by atoms with van der Waals surface area (Å²) >= 11 is 0. The molecule has 3 heterocycles. The Morgan fingerprint density at radius 3 is 2.73 bits per heavy atom. The maximum absolute atomic E-state index is 13.9. The third-order valence-corrected chi connectivity index (χ3v) is 4.53. The number of fused-ring (bicyclic) bond motifs is 1. The van der Waals surface area contributed by atoms with Gasteiger partial charge in [-0.05, 0) is 49.8 Å². The zero-order valence-electron chi connectivity index (χ0n) is 14.8. The molecule has 3 aromatic rings. The monoisotopic (exact) mass is 349 g/mol. The highest BCUT2D eigenvalue weighted by Gasteiger charge is 2.21. The molecule has 1 aliphatic heterocycles. The number of para-hydroxylation sites is 1. The quantitative estimate of drug-likeness (QED) is 0.678. The van der Waals surface area contributed by atoms with Gasteiger partial charge in [-0.2, -0.15) is 0 Å². The van der Waals surface area contributed by atoms with Crippen molar-refractivity contribution in [2.24, 2.45) is 0 Å². The molecule has 26 heavy (non-hydrogen) atoms. The Morgan fingerprint density at radius 1 is 1.15 bits per heavy atom. The smallest absolute Gasteiger partial charge is 0.196 e. The predicted octanol–water partition coefficient (Wildman–Crippen LogP) is 4.80. The fourth-order valence-electron chi connectivity index (χ4n) is 3.16. The second kappa shape index (κ2) is 6.67. The number of ether oxygens (including phenoxy) is 1. The van der Waals surface area contributed by atoms with E-state index >= 15 is 0 Å². The first-order chi connectivity index (χ1) is 12.7. The molecule has 4 rings (SSSR count). The topological polar surface area (TPSA) is 29.8 Å². The number of hydrogen-bond donors (Lipinski definition) is 0. The summed E-state index contributed by atoms with van der Waals surface area (Å²) in [6.45, 7) is 4.14. The molecular weight excluding hydrogens is 329 g/mol. The lowest BCUT2D eigenvalue weighted by Crippen LogP contribution is -2.36. The molecule has 0 saturated heterocycles. The SMILES string of the molecule is CCc1nc2ccc(N3C=C(F)C=CC3Oc3ccccc3)cn2c1C. The van der Waals surface area contributed by atoms with Crippen LogP contribution in [0.5, 0.6) is 5.75 Å². The summed E-state index contributed by atoms with van der Waals surface area (Å²) in [4.78, 5) is 6.41. The second-order valence-electron chi connectivity index (χ2n) is 6.21. The van der Waals surface area contributed by atoms with Crippen molar-refractivity contribution in [3.05, 3.63) is 84.2 Å². The Labute approximate surface area is 151 Å². The molecule has 4 nitrogen and oxygen atoms in total. The van der Waals surface area contributed by atoms with E-state index < -0.39 is 6.23 Å². The van der Waals surface area contributed by atoms with Crippen LogP contribution in [0.4, 0.5) is 10.1 Å². The van der Waals surface area contributed by atoms with Gasteiger partial charge in [-0.15, -0.1) is 0 Å². The van der Waals surface area contributed by atoms with Gasteiger partial charge in [-0.25, -0.2) is 9.37 Å². The Bertz CT molecular complexity index is 991. The molecule has 0 aliphatic carbocycles. The van der Waals surface area contributed by atoms with Crippen LogP contribution in [-0.4, -0.2) is 15.6 Å². The standard InChI is InChI=1S/C21H20FN3O/c1-3-19-15(2)24-14-17(10-11-20(24)23-19)25-13-16(22)9-12-21(25)26-18-7-5-4-6-8-18/h4-14,21H,3H2,1-2H3. The van der Waals surface area contributed by atoms with Crippen molar-refractivity contribution >= 4 is 11.3 Å². The van der Waals surface area contributed by atoms with E-state index in [2.05, 4.69) is 11.9 Å². The zero-order valence-corrected chi connectivity index (χ0v) is 14.8. The van der Waals surface area contributed by atoms with Gasteiger partial charge in [0.2, 0.25) is 0 Å². The highest BCUT2D eigenvalue weighted by Crippen LogP contribution is 2.27. The number of hydrogen-bond acceptors (Lipinski definition) is 3. The molecule has 1 atom stereocenters. The molecule has 0 saturated carbocycles. The lowest BCUT2D eigenvalue weighted by Gasteiger charge is -2.31. The summed E-state index contributed by atoms with van der Waals surface area (Å²) in [7, 11) is 0. The van der Waals surface area contributed by atoms with Crippen molar-refractivity contribution < 1.29 is 9.13 Å². The summed E-state index contributed by atoms with van der Waals surface area (Å²) in [5.41, 5.74) is 3.89. The Kier molecular flexibility index (Phi) is 4.21. The summed E-state index contributed by atoms with van der Waals surface area (Å²) in [5.74, 6) is 0.422. The number of benzene rings is 1. The summed E-state index contributed by atoms with van der Waals surface area (Å²) in [5, 5.41) is 0. The molecular formula is C21H20FN3O. The Morgan fingerprint density at radius 2 is 1.96 bits per heavy atom. The van der Waals surface area contributed by atoms with Gasteiger partial charge < -0.3 is 14.0 Å². The van der Waals surface area contributed by atoms with Crippen LogP contribution in [0.1, 0.15) is 18.3 Å². The first kappa shape index (κ1) is 16.4. The normalized spacial score (nSPS) is 16.8. The van der Waals surface area contributed by atoms with Gasteiger partial charge >= 0.3 is 0 Å². The van der Waals surface area contributed by atoms with E-state index in [9.17, 15) is 4.39 Å².